The maximum atomic E-state index is 12.7. The molecule has 2 aromatic carbocycles. The average Bonchev–Trinajstić information content (AvgIpc) is 3.08. The molecule has 2 aromatic rings. The second-order valence-electron chi connectivity index (χ2n) is 8.26. The van der Waals surface area contributed by atoms with Gasteiger partial charge in [0.2, 0.25) is 5.91 Å². The topological polar surface area (TPSA) is 125 Å². The number of hydrogen-bond acceptors (Lipinski definition) is 5. The fourth-order valence-electron chi connectivity index (χ4n) is 4.45. The largest absolute Gasteiger partial charge is 0.480 e. The molecule has 32 heavy (non-hydrogen) atoms. The Kier molecular flexibility index (Phi) is 6.14. The maximum Gasteiger partial charge on any atom is 0.408 e. The van der Waals surface area contributed by atoms with Crippen molar-refractivity contribution in [2.45, 2.75) is 43.2 Å². The summed E-state index contributed by atoms with van der Waals surface area (Å²) in [4.78, 5) is 36.6. The van der Waals surface area contributed by atoms with Crippen LogP contribution in [0.15, 0.2) is 48.5 Å². The van der Waals surface area contributed by atoms with Crippen molar-refractivity contribution in [3.8, 4) is 11.1 Å². The molecule has 0 heterocycles. The van der Waals surface area contributed by atoms with Gasteiger partial charge in [0.25, 0.3) is 0 Å². The quantitative estimate of drug-likeness (QED) is 0.502. The SMILES string of the molecule is O=C(NC1(C(=O)NC(CCO)C(=O)O)CCC1)OCC1c2ccccc2-c2ccccc21. The first-order valence-electron chi connectivity index (χ1n) is 10.7. The lowest BCUT2D eigenvalue weighted by molar-refractivity contribution is -0.144. The van der Waals surface area contributed by atoms with Gasteiger partial charge in [0.1, 0.15) is 18.2 Å². The van der Waals surface area contributed by atoms with Gasteiger partial charge in [-0.2, -0.15) is 0 Å². The highest BCUT2D eigenvalue weighted by atomic mass is 16.5. The van der Waals surface area contributed by atoms with Crippen LogP contribution in [0.5, 0.6) is 0 Å². The Morgan fingerprint density at radius 3 is 2.12 bits per heavy atom. The van der Waals surface area contributed by atoms with E-state index in [1.165, 1.54) is 0 Å². The summed E-state index contributed by atoms with van der Waals surface area (Å²) in [5, 5.41) is 23.3. The third-order valence-corrected chi connectivity index (χ3v) is 6.35. The van der Waals surface area contributed by atoms with Gasteiger partial charge < -0.3 is 25.6 Å². The van der Waals surface area contributed by atoms with E-state index in [1.807, 2.05) is 48.5 Å². The highest BCUT2D eigenvalue weighted by Gasteiger charge is 2.47. The zero-order valence-corrected chi connectivity index (χ0v) is 17.5. The number of aliphatic hydroxyl groups is 1. The minimum absolute atomic E-state index is 0.0970. The van der Waals surface area contributed by atoms with Gasteiger partial charge in [-0.05, 0) is 41.5 Å². The zero-order valence-electron chi connectivity index (χ0n) is 17.5. The molecular weight excluding hydrogens is 412 g/mol. The Morgan fingerprint density at radius 1 is 1.03 bits per heavy atom. The number of rotatable bonds is 8. The summed E-state index contributed by atoms with van der Waals surface area (Å²) in [5.74, 6) is -1.90. The third-order valence-electron chi connectivity index (χ3n) is 6.35. The first kappa shape index (κ1) is 21.8. The van der Waals surface area contributed by atoms with Crippen molar-refractivity contribution in [2.24, 2.45) is 0 Å². The number of benzene rings is 2. The number of alkyl carbamates (subject to hydrolysis) is 1. The molecule has 0 aliphatic heterocycles. The van der Waals surface area contributed by atoms with Crippen LogP contribution in [0.3, 0.4) is 0 Å². The summed E-state index contributed by atoms with van der Waals surface area (Å²) in [6.07, 6.45) is 0.704. The van der Waals surface area contributed by atoms with E-state index in [1.54, 1.807) is 0 Å². The second kappa shape index (κ2) is 9.00. The van der Waals surface area contributed by atoms with Crippen LogP contribution in [-0.4, -0.2) is 53.0 Å². The Labute approximate surface area is 185 Å². The van der Waals surface area contributed by atoms with E-state index < -0.39 is 29.6 Å². The Bertz CT molecular complexity index is 987. The number of carbonyl (C=O) groups excluding carboxylic acids is 2. The van der Waals surface area contributed by atoms with Crippen molar-refractivity contribution in [1.82, 2.24) is 10.6 Å². The van der Waals surface area contributed by atoms with Gasteiger partial charge in [-0.1, -0.05) is 48.5 Å². The smallest absolute Gasteiger partial charge is 0.408 e. The fourth-order valence-corrected chi connectivity index (χ4v) is 4.45. The molecule has 8 nitrogen and oxygen atoms in total. The number of aliphatic carboxylic acids is 1. The molecule has 4 rings (SSSR count). The Balaban J connectivity index is 1.41. The van der Waals surface area contributed by atoms with Crippen LogP contribution >= 0.6 is 0 Å². The molecule has 0 spiro atoms. The molecule has 0 bridgehead atoms. The van der Waals surface area contributed by atoms with E-state index in [4.69, 9.17) is 9.84 Å². The number of fused-ring (bicyclic) bond motifs is 3. The lowest BCUT2D eigenvalue weighted by Gasteiger charge is -2.40. The van der Waals surface area contributed by atoms with Crippen molar-refractivity contribution >= 4 is 18.0 Å². The number of aliphatic hydroxyl groups excluding tert-OH is 1. The standard InChI is InChI=1S/C24H26N2O6/c27-13-10-20(21(28)29)25-22(30)24(11-5-12-24)26-23(31)32-14-19-17-8-3-1-6-15(17)16-7-2-4-9-18(16)19/h1-4,6-9,19-20,27H,5,10-14H2,(H,25,30)(H,26,31)(H,28,29). The normalized spacial score (nSPS) is 16.8. The van der Waals surface area contributed by atoms with E-state index in [2.05, 4.69) is 10.6 Å². The molecule has 2 amide bonds. The first-order valence-corrected chi connectivity index (χ1v) is 10.7. The lowest BCUT2D eigenvalue weighted by Crippen LogP contribution is -2.64. The van der Waals surface area contributed by atoms with Gasteiger partial charge in [-0.3, -0.25) is 4.79 Å². The fraction of sp³-hybridized carbons (Fsp3) is 0.375. The van der Waals surface area contributed by atoms with E-state index in [0.29, 0.717) is 12.8 Å². The van der Waals surface area contributed by atoms with Gasteiger partial charge in [-0.15, -0.1) is 0 Å². The van der Waals surface area contributed by atoms with Crippen molar-refractivity contribution in [2.75, 3.05) is 13.2 Å². The molecule has 4 N–H and O–H groups in total. The number of ether oxygens (including phenoxy) is 1. The predicted octanol–water partition coefficient (Wildman–Crippen LogP) is 2.40. The number of nitrogens with one attached hydrogen (secondary N) is 2. The van der Waals surface area contributed by atoms with Gasteiger partial charge in [-0.25, -0.2) is 9.59 Å². The molecule has 0 radical (unpaired) electrons. The zero-order chi connectivity index (χ0) is 22.7. The molecule has 0 aromatic heterocycles. The average molecular weight is 438 g/mol. The monoisotopic (exact) mass is 438 g/mol. The van der Waals surface area contributed by atoms with Crippen LogP contribution in [-0.2, 0) is 14.3 Å². The molecule has 8 heteroatoms. The van der Waals surface area contributed by atoms with Crippen LogP contribution in [0.2, 0.25) is 0 Å². The van der Waals surface area contributed by atoms with E-state index >= 15 is 0 Å². The van der Waals surface area contributed by atoms with Crippen molar-refractivity contribution < 1.29 is 29.3 Å². The molecule has 1 saturated carbocycles. The molecule has 1 atom stereocenters. The molecule has 0 saturated heterocycles. The Hall–Kier alpha value is -3.39. The minimum Gasteiger partial charge on any atom is -0.480 e. The lowest BCUT2D eigenvalue weighted by atomic mass is 9.76. The van der Waals surface area contributed by atoms with Crippen LogP contribution in [0.4, 0.5) is 4.79 Å². The summed E-state index contributed by atoms with van der Waals surface area (Å²) >= 11 is 0. The van der Waals surface area contributed by atoms with E-state index in [0.717, 1.165) is 28.7 Å². The van der Waals surface area contributed by atoms with Gasteiger partial charge in [0.05, 0.1) is 0 Å². The van der Waals surface area contributed by atoms with Crippen molar-refractivity contribution in [1.29, 1.82) is 0 Å². The molecule has 1 fully saturated rings. The molecule has 168 valence electrons. The summed E-state index contributed by atoms with van der Waals surface area (Å²) in [5.41, 5.74) is 3.23. The highest BCUT2D eigenvalue weighted by Crippen LogP contribution is 2.44. The molecule has 1 unspecified atom stereocenters. The van der Waals surface area contributed by atoms with E-state index in [-0.39, 0.29) is 25.6 Å². The summed E-state index contributed by atoms with van der Waals surface area (Å²) in [6, 6.07) is 14.8. The summed E-state index contributed by atoms with van der Waals surface area (Å²) < 4.78 is 5.53. The van der Waals surface area contributed by atoms with E-state index in [9.17, 15) is 19.5 Å². The number of carbonyl (C=O) groups is 3. The van der Waals surface area contributed by atoms with Crippen LogP contribution < -0.4 is 10.6 Å². The maximum absolute atomic E-state index is 12.7. The minimum atomic E-state index is -1.23. The van der Waals surface area contributed by atoms with Crippen LogP contribution in [0.1, 0.15) is 42.7 Å². The van der Waals surface area contributed by atoms with Crippen LogP contribution in [0, 0.1) is 0 Å². The van der Waals surface area contributed by atoms with Gasteiger partial charge in [0.15, 0.2) is 0 Å². The van der Waals surface area contributed by atoms with Crippen molar-refractivity contribution in [3.63, 3.8) is 0 Å². The molecule has 2 aliphatic carbocycles. The number of carboxylic acid groups (broad SMARTS) is 1. The first-order chi connectivity index (χ1) is 15.4. The Morgan fingerprint density at radius 2 is 1.62 bits per heavy atom. The number of amides is 2. The third kappa shape index (κ3) is 4.05. The number of carboxylic acids is 1. The second-order valence-corrected chi connectivity index (χ2v) is 8.26. The molecular formula is C24H26N2O6. The highest BCUT2D eigenvalue weighted by molar-refractivity contribution is 5.93. The van der Waals surface area contributed by atoms with Gasteiger partial charge >= 0.3 is 12.1 Å². The van der Waals surface area contributed by atoms with Gasteiger partial charge in [0, 0.05) is 18.9 Å². The van der Waals surface area contributed by atoms with Crippen molar-refractivity contribution in [3.05, 3.63) is 59.7 Å². The molecule has 2 aliphatic rings. The summed E-state index contributed by atoms with van der Waals surface area (Å²) in [6.45, 7) is -0.246. The summed E-state index contributed by atoms with van der Waals surface area (Å²) in [7, 11) is 0. The number of hydrogen-bond donors (Lipinski definition) is 4. The van der Waals surface area contributed by atoms with Crippen LogP contribution in [0.25, 0.3) is 11.1 Å². The predicted molar refractivity (Wildman–Crippen MR) is 116 cm³/mol.